The molecule has 6 nitrogen and oxygen atoms in total. The third-order valence-electron chi connectivity index (χ3n) is 2.72. The summed E-state index contributed by atoms with van der Waals surface area (Å²) in [5.74, 6) is 0.241. The second-order valence-corrected chi connectivity index (χ2v) is 6.70. The maximum absolute atomic E-state index is 11.0. The van der Waals surface area contributed by atoms with E-state index in [1.165, 1.54) is 6.26 Å². The van der Waals surface area contributed by atoms with Crippen LogP contribution >= 0.6 is 0 Å². The lowest BCUT2D eigenvalue weighted by Gasteiger charge is -2.19. The van der Waals surface area contributed by atoms with Gasteiger partial charge in [-0.25, -0.2) is 8.42 Å². The number of anilines is 1. The summed E-state index contributed by atoms with van der Waals surface area (Å²) in [5.41, 5.74) is 7.05. The quantitative estimate of drug-likeness (QED) is 0.346. The molecule has 7 heteroatoms. The van der Waals surface area contributed by atoms with Crippen molar-refractivity contribution in [3.05, 3.63) is 29.8 Å². The predicted octanol–water partition coefficient (Wildman–Crippen LogP) is 0.652. The van der Waals surface area contributed by atoms with Crippen LogP contribution in [0.25, 0.3) is 0 Å². The van der Waals surface area contributed by atoms with Gasteiger partial charge in [-0.05, 0) is 30.7 Å². The van der Waals surface area contributed by atoms with Gasteiger partial charge in [-0.1, -0.05) is 5.16 Å². The molecule has 0 aliphatic heterocycles. The maximum atomic E-state index is 11.0. The summed E-state index contributed by atoms with van der Waals surface area (Å²) < 4.78 is 22.1. The van der Waals surface area contributed by atoms with Crippen LogP contribution in [0.3, 0.4) is 0 Å². The summed E-state index contributed by atoms with van der Waals surface area (Å²) in [4.78, 5) is 1.96. The van der Waals surface area contributed by atoms with Crippen LogP contribution in [0.1, 0.15) is 12.0 Å². The Balaban J connectivity index is 2.60. The zero-order valence-corrected chi connectivity index (χ0v) is 11.9. The molecule has 0 amide bonds. The lowest BCUT2D eigenvalue weighted by atomic mass is 10.2. The fraction of sp³-hybridized carbons (Fsp3) is 0.417. The number of nitrogens with zero attached hydrogens (tertiary/aromatic N) is 2. The molecule has 0 atom stereocenters. The lowest BCUT2D eigenvalue weighted by Crippen LogP contribution is -2.21. The van der Waals surface area contributed by atoms with Crippen molar-refractivity contribution in [2.45, 2.75) is 6.42 Å². The molecule has 0 unspecified atom stereocenters. The van der Waals surface area contributed by atoms with Gasteiger partial charge in [0, 0.05) is 31.1 Å². The smallest absolute Gasteiger partial charge is 0.170 e. The van der Waals surface area contributed by atoms with Crippen molar-refractivity contribution in [3.8, 4) is 0 Å². The average molecular weight is 285 g/mol. The molecule has 1 aromatic carbocycles. The Kier molecular flexibility index (Phi) is 5.17. The van der Waals surface area contributed by atoms with E-state index in [2.05, 4.69) is 5.16 Å². The van der Waals surface area contributed by atoms with Gasteiger partial charge in [0.1, 0.15) is 9.84 Å². The van der Waals surface area contributed by atoms with Gasteiger partial charge in [0.25, 0.3) is 0 Å². The average Bonchev–Trinajstić information content (AvgIpc) is 2.36. The molecule has 0 aliphatic rings. The van der Waals surface area contributed by atoms with Gasteiger partial charge in [-0.15, -0.1) is 0 Å². The summed E-state index contributed by atoms with van der Waals surface area (Å²) in [5, 5.41) is 11.5. The number of sulfone groups is 1. The molecule has 0 bridgehead atoms. The SMILES string of the molecule is CN(CCCS(C)(=O)=O)c1ccc(C(N)=NO)cc1. The highest BCUT2D eigenvalue weighted by atomic mass is 32.2. The van der Waals surface area contributed by atoms with Crippen LogP contribution < -0.4 is 10.6 Å². The van der Waals surface area contributed by atoms with Crippen LogP contribution in [0.15, 0.2) is 29.4 Å². The Bertz CT molecular complexity index is 538. The summed E-state index contributed by atoms with van der Waals surface area (Å²) in [7, 11) is -1.02. The summed E-state index contributed by atoms with van der Waals surface area (Å²) in [6, 6.07) is 7.18. The minimum atomic E-state index is -2.91. The van der Waals surface area contributed by atoms with Crippen molar-refractivity contribution >= 4 is 21.4 Å². The number of amidine groups is 1. The highest BCUT2D eigenvalue weighted by Crippen LogP contribution is 2.14. The molecule has 0 saturated heterocycles. The standard InChI is InChI=1S/C12H19N3O3S/c1-15(8-3-9-19(2,17)18)11-6-4-10(5-7-11)12(13)14-16/h4-7,16H,3,8-9H2,1-2H3,(H2,13,14). The van der Waals surface area contributed by atoms with E-state index >= 15 is 0 Å². The van der Waals surface area contributed by atoms with Crippen LogP contribution in [0.2, 0.25) is 0 Å². The highest BCUT2D eigenvalue weighted by molar-refractivity contribution is 7.90. The van der Waals surface area contributed by atoms with Crippen molar-refractivity contribution in [2.75, 3.05) is 30.5 Å². The predicted molar refractivity (Wildman–Crippen MR) is 76.6 cm³/mol. The summed E-state index contributed by atoms with van der Waals surface area (Å²) in [6.45, 7) is 0.649. The first-order valence-electron chi connectivity index (χ1n) is 5.80. The third kappa shape index (κ3) is 5.17. The fourth-order valence-corrected chi connectivity index (χ4v) is 2.29. The molecule has 0 aromatic heterocycles. The van der Waals surface area contributed by atoms with Gasteiger partial charge in [0.2, 0.25) is 0 Å². The van der Waals surface area contributed by atoms with E-state index in [-0.39, 0.29) is 11.6 Å². The molecule has 106 valence electrons. The first-order valence-corrected chi connectivity index (χ1v) is 7.86. The molecule has 19 heavy (non-hydrogen) atoms. The minimum Gasteiger partial charge on any atom is -0.409 e. The van der Waals surface area contributed by atoms with Gasteiger partial charge in [-0.3, -0.25) is 0 Å². The van der Waals surface area contributed by atoms with E-state index in [1.807, 2.05) is 24.1 Å². The minimum absolute atomic E-state index is 0.0614. The van der Waals surface area contributed by atoms with E-state index in [0.717, 1.165) is 5.69 Å². The van der Waals surface area contributed by atoms with Crippen molar-refractivity contribution in [1.29, 1.82) is 0 Å². The molecule has 0 fully saturated rings. The number of rotatable bonds is 6. The van der Waals surface area contributed by atoms with E-state index in [4.69, 9.17) is 10.9 Å². The van der Waals surface area contributed by atoms with Crippen LogP contribution in [-0.2, 0) is 9.84 Å². The molecule has 0 aliphatic carbocycles. The fourth-order valence-electron chi connectivity index (χ4n) is 1.64. The molecule has 0 saturated carbocycles. The molecule has 0 spiro atoms. The Morgan fingerprint density at radius 3 is 2.42 bits per heavy atom. The van der Waals surface area contributed by atoms with Crippen LogP contribution in [-0.4, -0.2) is 45.1 Å². The van der Waals surface area contributed by atoms with Gasteiger partial charge in [-0.2, -0.15) is 0 Å². The summed E-state index contributed by atoms with van der Waals surface area (Å²) >= 11 is 0. The number of hydrogen-bond donors (Lipinski definition) is 2. The number of hydrogen-bond acceptors (Lipinski definition) is 5. The van der Waals surface area contributed by atoms with Crippen LogP contribution in [0.4, 0.5) is 5.69 Å². The lowest BCUT2D eigenvalue weighted by molar-refractivity contribution is 0.318. The highest BCUT2D eigenvalue weighted by Gasteiger charge is 2.06. The monoisotopic (exact) mass is 285 g/mol. The molecule has 1 rings (SSSR count). The van der Waals surface area contributed by atoms with Crippen molar-refractivity contribution in [2.24, 2.45) is 10.9 Å². The second kappa shape index (κ2) is 6.42. The molecular formula is C12H19N3O3S. The van der Waals surface area contributed by atoms with E-state index in [9.17, 15) is 8.42 Å². The number of benzene rings is 1. The van der Waals surface area contributed by atoms with Gasteiger partial charge >= 0.3 is 0 Å². The normalized spacial score (nSPS) is 12.4. The topological polar surface area (TPSA) is 96.0 Å². The Hall–Kier alpha value is -1.76. The molecule has 3 N–H and O–H groups in total. The van der Waals surface area contributed by atoms with Gasteiger partial charge in [0.15, 0.2) is 5.84 Å². The van der Waals surface area contributed by atoms with Crippen LogP contribution in [0, 0.1) is 0 Å². The summed E-state index contributed by atoms with van der Waals surface area (Å²) in [6.07, 6.45) is 1.82. The number of oxime groups is 1. The maximum Gasteiger partial charge on any atom is 0.170 e. The number of nitrogens with two attached hydrogens (primary N) is 1. The third-order valence-corrected chi connectivity index (χ3v) is 3.75. The Morgan fingerprint density at radius 2 is 1.95 bits per heavy atom. The van der Waals surface area contributed by atoms with E-state index in [1.54, 1.807) is 12.1 Å². The van der Waals surface area contributed by atoms with Gasteiger partial charge in [0.05, 0.1) is 5.75 Å². The van der Waals surface area contributed by atoms with Crippen LogP contribution in [0.5, 0.6) is 0 Å². The Morgan fingerprint density at radius 1 is 1.37 bits per heavy atom. The van der Waals surface area contributed by atoms with E-state index in [0.29, 0.717) is 18.5 Å². The Labute approximate surface area is 113 Å². The van der Waals surface area contributed by atoms with Crippen molar-refractivity contribution in [3.63, 3.8) is 0 Å². The van der Waals surface area contributed by atoms with Gasteiger partial charge < -0.3 is 15.8 Å². The molecular weight excluding hydrogens is 266 g/mol. The first-order chi connectivity index (χ1) is 8.83. The largest absolute Gasteiger partial charge is 0.409 e. The van der Waals surface area contributed by atoms with Crippen molar-refractivity contribution < 1.29 is 13.6 Å². The molecule has 0 heterocycles. The zero-order valence-electron chi connectivity index (χ0n) is 11.1. The molecule has 1 aromatic rings. The van der Waals surface area contributed by atoms with E-state index < -0.39 is 9.84 Å². The zero-order chi connectivity index (χ0) is 14.5. The second-order valence-electron chi connectivity index (χ2n) is 4.44. The molecule has 0 radical (unpaired) electrons. The first kappa shape index (κ1) is 15.3. The van der Waals surface area contributed by atoms with Crippen molar-refractivity contribution in [1.82, 2.24) is 0 Å².